The van der Waals surface area contributed by atoms with Crippen LogP contribution in [0, 0.1) is 23.2 Å². The van der Waals surface area contributed by atoms with Crippen LogP contribution < -0.4 is 5.32 Å². The molecule has 3 aliphatic carbocycles. The summed E-state index contributed by atoms with van der Waals surface area (Å²) in [7, 11) is 0. The smallest absolute Gasteiger partial charge is 0.407 e. The van der Waals surface area contributed by atoms with Gasteiger partial charge in [0.15, 0.2) is 0 Å². The monoisotopic (exact) mass is 277 g/mol. The van der Waals surface area contributed by atoms with Crippen molar-refractivity contribution in [3.05, 3.63) is 12.2 Å². The van der Waals surface area contributed by atoms with Crippen molar-refractivity contribution in [1.82, 2.24) is 5.32 Å². The Morgan fingerprint density at radius 1 is 1.40 bits per heavy atom. The number of fused-ring (bicyclic) bond motifs is 2. The van der Waals surface area contributed by atoms with E-state index in [-0.39, 0.29) is 30.4 Å². The Labute approximate surface area is 119 Å². The molecule has 1 amide bonds. The molecule has 110 valence electrons. The van der Waals surface area contributed by atoms with Crippen LogP contribution in [-0.4, -0.2) is 24.5 Å². The summed E-state index contributed by atoms with van der Waals surface area (Å²) in [6, 6.07) is 0.177. The first kappa shape index (κ1) is 13.7. The average Bonchev–Trinajstić information content (AvgIpc) is 3.07. The van der Waals surface area contributed by atoms with Crippen LogP contribution in [0.5, 0.6) is 0 Å². The lowest BCUT2D eigenvalue weighted by atomic mass is 9.73. The Balaban J connectivity index is 1.56. The zero-order chi connectivity index (χ0) is 14.3. The number of allylic oxidation sites excluding steroid dienone is 2. The maximum absolute atomic E-state index is 12.1. The number of ether oxygens (including phenoxy) is 1. The summed E-state index contributed by atoms with van der Waals surface area (Å²) < 4.78 is 5.39. The Morgan fingerprint density at radius 3 is 2.65 bits per heavy atom. The van der Waals surface area contributed by atoms with Gasteiger partial charge in [0.2, 0.25) is 0 Å². The number of Topliss-reactive ketones (excluding diaryl/α,β-unsaturated/α-hetero) is 1. The second kappa shape index (κ2) is 4.90. The molecule has 2 saturated carbocycles. The second-order valence-corrected chi connectivity index (χ2v) is 6.75. The van der Waals surface area contributed by atoms with E-state index in [1.165, 1.54) is 12.8 Å². The Bertz CT molecular complexity index is 455. The molecular formula is C16H23NO3. The molecule has 4 unspecified atom stereocenters. The number of nitrogens with one attached hydrogen (secondary N) is 1. The second-order valence-electron chi connectivity index (χ2n) is 6.75. The first-order valence-corrected chi connectivity index (χ1v) is 7.64. The van der Waals surface area contributed by atoms with Gasteiger partial charge in [0.05, 0.1) is 5.41 Å². The van der Waals surface area contributed by atoms with Crippen LogP contribution in [0.4, 0.5) is 4.79 Å². The minimum Gasteiger partial charge on any atom is -0.448 e. The van der Waals surface area contributed by atoms with Crippen molar-refractivity contribution in [1.29, 1.82) is 0 Å². The Kier molecular flexibility index (Phi) is 3.35. The number of hydrogen-bond acceptors (Lipinski definition) is 3. The predicted molar refractivity (Wildman–Crippen MR) is 75.1 cm³/mol. The molecule has 0 aliphatic heterocycles. The zero-order valence-corrected chi connectivity index (χ0v) is 12.2. The molecule has 0 saturated heterocycles. The van der Waals surface area contributed by atoms with E-state index in [1.54, 1.807) is 6.92 Å². The minimum absolute atomic E-state index is 0.150. The van der Waals surface area contributed by atoms with E-state index in [1.807, 2.05) is 6.92 Å². The van der Waals surface area contributed by atoms with Gasteiger partial charge in [-0.2, -0.15) is 0 Å². The van der Waals surface area contributed by atoms with Gasteiger partial charge in [-0.15, -0.1) is 0 Å². The molecule has 0 heterocycles. The fraction of sp³-hybridized carbons (Fsp3) is 0.750. The summed E-state index contributed by atoms with van der Waals surface area (Å²) in [6.45, 7) is 3.86. The van der Waals surface area contributed by atoms with Crippen molar-refractivity contribution in [2.24, 2.45) is 23.2 Å². The van der Waals surface area contributed by atoms with Crippen molar-refractivity contribution in [3.63, 3.8) is 0 Å². The van der Waals surface area contributed by atoms with E-state index in [0.717, 1.165) is 12.8 Å². The topological polar surface area (TPSA) is 55.4 Å². The highest BCUT2D eigenvalue weighted by Gasteiger charge is 2.52. The molecule has 3 rings (SSSR count). The first-order valence-electron chi connectivity index (χ1n) is 7.64. The highest BCUT2D eigenvalue weighted by molar-refractivity contribution is 5.84. The van der Waals surface area contributed by atoms with Gasteiger partial charge >= 0.3 is 6.09 Å². The van der Waals surface area contributed by atoms with Gasteiger partial charge < -0.3 is 10.1 Å². The summed E-state index contributed by atoms with van der Waals surface area (Å²) in [4.78, 5) is 23.9. The van der Waals surface area contributed by atoms with Crippen molar-refractivity contribution in [2.75, 3.05) is 6.61 Å². The minimum atomic E-state index is -0.473. The summed E-state index contributed by atoms with van der Waals surface area (Å²) in [6.07, 6.45) is 8.18. The third kappa shape index (κ3) is 2.36. The maximum Gasteiger partial charge on any atom is 0.407 e. The van der Waals surface area contributed by atoms with Crippen LogP contribution >= 0.6 is 0 Å². The SMILES string of the molecule is CC(=O)C1(COC(=O)NC(C)C2CC2)CC2C=CC1C2. The lowest BCUT2D eigenvalue weighted by molar-refractivity contribution is -0.130. The summed E-state index contributed by atoms with van der Waals surface area (Å²) >= 11 is 0. The molecule has 4 heteroatoms. The third-order valence-electron chi connectivity index (χ3n) is 5.35. The number of hydrogen-bond donors (Lipinski definition) is 1. The number of ketones is 1. The van der Waals surface area contributed by atoms with E-state index in [2.05, 4.69) is 17.5 Å². The summed E-state index contributed by atoms with van der Waals surface area (Å²) in [5.74, 6) is 1.49. The van der Waals surface area contributed by atoms with Crippen LogP contribution in [0.15, 0.2) is 12.2 Å². The third-order valence-corrected chi connectivity index (χ3v) is 5.35. The number of amides is 1. The van der Waals surface area contributed by atoms with E-state index in [9.17, 15) is 9.59 Å². The van der Waals surface area contributed by atoms with Gasteiger partial charge in [0.1, 0.15) is 12.4 Å². The molecule has 20 heavy (non-hydrogen) atoms. The molecule has 4 nitrogen and oxygen atoms in total. The fourth-order valence-corrected chi connectivity index (χ4v) is 3.76. The van der Waals surface area contributed by atoms with Gasteiger partial charge in [0.25, 0.3) is 0 Å². The van der Waals surface area contributed by atoms with Crippen molar-refractivity contribution < 1.29 is 14.3 Å². The Morgan fingerprint density at radius 2 is 2.15 bits per heavy atom. The largest absolute Gasteiger partial charge is 0.448 e. The van der Waals surface area contributed by atoms with Gasteiger partial charge in [0, 0.05) is 6.04 Å². The molecule has 0 spiro atoms. The van der Waals surface area contributed by atoms with Crippen LogP contribution in [-0.2, 0) is 9.53 Å². The van der Waals surface area contributed by atoms with Gasteiger partial charge in [-0.3, -0.25) is 4.79 Å². The normalized spacial score (nSPS) is 35.9. The maximum atomic E-state index is 12.1. The quantitative estimate of drug-likeness (QED) is 0.786. The number of carbonyl (C=O) groups excluding carboxylic acids is 2. The van der Waals surface area contributed by atoms with Crippen LogP contribution in [0.1, 0.15) is 39.5 Å². The van der Waals surface area contributed by atoms with Gasteiger partial charge in [-0.1, -0.05) is 12.2 Å². The van der Waals surface area contributed by atoms with E-state index in [4.69, 9.17) is 4.74 Å². The molecule has 0 radical (unpaired) electrons. The number of alkyl carbamates (subject to hydrolysis) is 1. The van der Waals surface area contributed by atoms with Gasteiger partial charge in [-0.25, -0.2) is 4.79 Å². The molecule has 0 aromatic heterocycles. The standard InChI is InChI=1S/C16H23NO3/c1-10(13-4-5-13)17-15(19)20-9-16(11(2)18)8-12-3-6-14(16)7-12/h3,6,10,12-14H,4-5,7-9H2,1-2H3,(H,17,19). The van der Waals surface area contributed by atoms with Crippen LogP contribution in [0.2, 0.25) is 0 Å². The number of rotatable bonds is 5. The molecule has 1 N–H and O–H groups in total. The van der Waals surface area contributed by atoms with Crippen molar-refractivity contribution in [2.45, 2.75) is 45.6 Å². The first-order chi connectivity index (χ1) is 9.51. The molecule has 2 bridgehead atoms. The molecule has 0 aromatic carbocycles. The number of carbonyl (C=O) groups is 2. The summed E-state index contributed by atoms with van der Waals surface area (Å²) in [5, 5.41) is 2.88. The molecule has 2 fully saturated rings. The van der Waals surface area contributed by atoms with Crippen molar-refractivity contribution >= 4 is 11.9 Å². The van der Waals surface area contributed by atoms with E-state index < -0.39 is 5.41 Å². The average molecular weight is 277 g/mol. The molecule has 3 aliphatic rings. The lowest BCUT2D eigenvalue weighted by Crippen LogP contribution is -2.42. The van der Waals surface area contributed by atoms with Crippen molar-refractivity contribution in [3.8, 4) is 0 Å². The van der Waals surface area contributed by atoms with E-state index in [0.29, 0.717) is 11.8 Å². The van der Waals surface area contributed by atoms with Crippen LogP contribution in [0.3, 0.4) is 0 Å². The van der Waals surface area contributed by atoms with Gasteiger partial charge in [-0.05, 0) is 57.3 Å². The molecule has 4 atom stereocenters. The zero-order valence-electron chi connectivity index (χ0n) is 12.2. The van der Waals surface area contributed by atoms with E-state index >= 15 is 0 Å². The predicted octanol–water partition coefficient (Wildman–Crippen LogP) is 2.68. The molecular weight excluding hydrogens is 254 g/mol. The van der Waals surface area contributed by atoms with Crippen LogP contribution in [0.25, 0.3) is 0 Å². The fourth-order valence-electron chi connectivity index (χ4n) is 3.76. The summed E-state index contributed by atoms with van der Waals surface area (Å²) in [5.41, 5.74) is -0.473. The molecule has 0 aromatic rings. The highest BCUT2D eigenvalue weighted by Crippen LogP contribution is 2.52. The lowest BCUT2D eigenvalue weighted by Gasteiger charge is -2.32. The highest BCUT2D eigenvalue weighted by atomic mass is 16.5. The Hall–Kier alpha value is -1.32.